The number of primary amides is 2. The van der Waals surface area contributed by atoms with Crippen LogP contribution in [0, 0.1) is 15.3 Å². The monoisotopic (exact) mass is 305 g/mol. The van der Waals surface area contributed by atoms with Crippen LogP contribution >= 0.6 is 0 Å². The van der Waals surface area contributed by atoms with Gasteiger partial charge in [-0.1, -0.05) is 0 Å². The van der Waals surface area contributed by atoms with E-state index < -0.39 is 17.1 Å². The molecule has 0 rings (SSSR count). The minimum absolute atomic E-state index is 0. The molecule has 0 saturated heterocycles. The summed E-state index contributed by atoms with van der Waals surface area (Å²) in [6, 6.07) is -1.44. The Kier molecular flexibility index (Phi) is 62.3. The van der Waals surface area contributed by atoms with Crippen molar-refractivity contribution in [3.8, 4) is 0 Å². The quantitative estimate of drug-likeness (QED) is 0.0826. The zero-order chi connectivity index (χ0) is 12.1. The third kappa shape index (κ3) is 262. The molecule has 0 unspecified atom stereocenters. The number of carbonyl (C=O) groups excluding carboxylic acids is 2. The van der Waals surface area contributed by atoms with Crippen molar-refractivity contribution in [2.45, 2.75) is 0 Å². The fourth-order valence-electron chi connectivity index (χ4n) is 0. The maximum Gasteiger partial charge on any atom is 2.00 e. The molecule has 0 heterocycles. The van der Waals surface area contributed by atoms with Gasteiger partial charge in [0.05, 0.1) is 5.09 Å². The van der Waals surface area contributed by atoms with Gasteiger partial charge in [0.25, 0.3) is 0 Å². The van der Waals surface area contributed by atoms with E-state index in [1.807, 2.05) is 0 Å². The summed E-state index contributed by atoms with van der Waals surface area (Å²) in [6.07, 6.45) is 0. The van der Waals surface area contributed by atoms with Crippen LogP contribution in [-0.2, 0) is 0 Å². The molecular weight excluding hydrogens is 294 g/mol. The Bertz CT molecular complexity index is 175. The van der Waals surface area contributed by atoms with E-state index in [1.54, 1.807) is 10.9 Å². The summed E-state index contributed by atoms with van der Waals surface area (Å²) in [7, 11) is 0. The number of carbonyl (C=O) groups is 2. The van der Waals surface area contributed by atoms with Crippen LogP contribution in [0.15, 0.2) is 0 Å². The number of amides is 4. The molecule has 0 aromatic carbocycles. The minimum Gasteiger partial charge on any atom is -1.00 e. The number of nitrogens with zero attached hydrogens (tertiary/aromatic N) is 1. The molecule has 12 N–H and O–H groups in total. The molecule has 0 spiro atoms. The Balaban J connectivity index is -0.0000000247. The molecular formula is C2H12CaClN7O6. The zero-order valence-corrected chi connectivity index (χ0v) is 11.3. The maximum atomic E-state index is 9.35. The Morgan fingerprint density at radius 3 is 1.06 bits per heavy atom. The predicted molar refractivity (Wildman–Crippen MR) is 53.5 cm³/mol. The first-order valence-electron chi connectivity index (χ1n) is 2.61. The van der Waals surface area contributed by atoms with E-state index in [1.165, 1.54) is 0 Å². The first kappa shape index (κ1) is 36.0. The second-order valence-corrected chi connectivity index (χ2v) is 1.24. The number of urea groups is 2. The van der Waals surface area contributed by atoms with Crippen molar-refractivity contribution >= 4 is 49.8 Å². The molecule has 4 amide bonds. The molecule has 13 nitrogen and oxygen atoms in total. The Morgan fingerprint density at radius 2 is 1.06 bits per heavy atom. The predicted octanol–water partition coefficient (Wildman–Crippen LogP) is -7.38. The summed E-state index contributed by atoms with van der Waals surface area (Å²) >= 11 is 0. The van der Waals surface area contributed by atoms with Crippen molar-refractivity contribution < 1.29 is 32.6 Å². The molecule has 0 aliphatic rings. The van der Waals surface area contributed by atoms with Gasteiger partial charge in [0, 0.05) is 0 Å². The van der Waals surface area contributed by atoms with Gasteiger partial charge in [-0.3, -0.25) is 10.9 Å². The average molecular weight is 306 g/mol. The van der Waals surface area contributed by atoms with Crippen LogP contribution in [0.5, 0.6) is 0 Å². The van der Waals surface area contributed by atoms with Crippen LogP contribution < -0.4 is 46.4 Å². The molecule has 0 radical (unpaired) electrons. The Labute approximate surface area is 131 Å². The van der Waals surface area contributed by atoms with Crippen molar-refractivity contribution in [2.75, 3.05) is 0 Å². The minimum atomic E-state index is -1.75. The second-order valence-electron chi connectivity index (χ2n) is 1.24. The smallest absolute Gasteiger partial charge is 1.00 e. The number of halogens is 1. The van der Waals surface area contributed by atoms with Crippen LogP contribution in [0.3, 0.4) is 0 Å². The summed E-state index contributed by atoms with van der Waals surface area (Å²) < 4.78 is 0. The molecule has 0 fully saturated rings. The van der Waals surface area contributed by atoms with Gasteiger partial charge >= 0.3 is 49.8 Å². The van der Waals surface area contributed by atoms with E-state index in [9.17, 15) is 9.59 Å². The number of hydrazine groups is 2. The normalized spacial score (nSPS) is 5.29. The molecule has 0 aromatic rings. The number of nitrogens with two attached hydrogens (primary N) is 4. The summed E-state index contributed by atoms with van der Waals surface area (Å²) in [4.78, 5) is 27.0. The molecule has 0 saturated carbocycles. The summed E-state index contributed by atoms with van der Waals surface area (Å²) in [5.41, 5.74) is 12.2. The molecule has 0 aromatic heterocycles. The van der Waals surface area contributed by atoms with E-state index >= 15 is 0 Å². The van der Waals surface area contributed by atoms with Crippen molar-refractivity contribution in [1.29, 1.82) is 0 Å². The van der Waals surface area contributed by atoms with Gasteiger partial charge in [-0.25, -0.2) is 21.3 Å². The van der Waals surface area contributed by atoms with Crippen LogP contribution in [0.2, 0.25) is 0 Å². The van der Waals surface area contributed by atoms with Crippen molar-refractivity contribution in [3.63, 3.8) is 0 Å². The maximum absolute atomic E-state index is 9.35. The fraction of sp³-hybridized carbons (Fsp3) is 0. The molecule has 17 heavy (non-hydrogen) atoms. The Hall–Kier alpha value is -0.830. The standard InChI is InChI=1S/2CH5N3O.Ca.ClH.NO3.H2O/c2*2-1(5)4-3;;;2-1(3)4;/h2*3H2,(H3,2,4,5);;1H;;1H2/q;;+2;;-1;/p-1. The third-order valence-corrected chi connectivity index (χ3v) is 0.285. The number of rotatable bonds is 0. The number of nitrogens with one attached hydrogen (secondary N) is 2. The average Bonchev–Trinajstić information content (AvgIpc) is 2.04. The molecule has 0 aliphatic carbocycles. The topological polar surface area (TPSA) is 260 Å². The summed E-state index contributed by atoms with van der Waals surface area (Å²) in [5.74, 6) is 8.89. The number of hydrogen-bond acceptors (Lipinski definition) is 7. The van der Waals surface area contributed by atoms with Crippen LogP contribution in [0.4, 0.5) is 9.59 Å². The van der Waals surface area contributed by atoms with Gasteiger partial charge in [0.1, 0.15) is 0 Å². The largest absolute Gasteiger partial charge is 2.00 e. The van der Waals surface area contributed by atoms with Gasteiger partial charge in [-0.05, 0) is 0 Å². The Morgan fingerprint density at radius 1 is 1.00 bits per heavy atom. The van der Waals surface area contributed by atoms with Crippen molar-refractivity contribution in [3.05, 3.63) is 15.3 Å². The molecule has 0 bridgehead atoms. The van der Waals surface area contributed by atoms with Crippen LogP contribution in [0.25, 0.3) is 0 Å². The van der Waals surface area contributed by atoms with E-state index in [4.69, 9.17) is 15.3 Å². The molecule has 0 aliphatic heterocycles. The number of hydrogen-bond donors (Lipinski definition) is 6. The third-order valence-electron chi connectivity index (χ3n) is 0.285. The van der Waals surface area contributed by atoms with Crippen LogP contribution in [0.1, 0.15) is 0 Å². The van der Waals surface area contributed by atoms with Crippen molar-refractivity contribution in [2.24, 2.45) is 23.2 Å². The summed E-state index contributed by atoms with van der Waals surface area (Å²) in [6.45, 7) is 0. The fourth-order valence-corrected chi connectivity index (χ4v) is 0. The SMILES string of the molecule is NNC(N)=O.NNC(N)=O.O.O=[N+]([O-])[O-].[Ca+2].[Cl-]. The van der Waals surface area contributed by atoms with Gasteiger partial charge in [0.2, 0.25) is 0 Å². The zero-order valence-electron chi connectivity index (χ0n) is 8.38. The van der Waals surface area contributed by atoms with Gasteiger partial charge in [-0.2, -0.15) is 0 Å². The van der Waals surface area contributed by atoms with E-state index in [0.29, 0.717) is 0 Å². The van der Waals surface area contributed by atoms with E-state index in [2.05, 4.69) is 23.2 Å². The summed E-state index contributed by atoms with van der Waals surface area (Å²) in [5, 5.41) is 14.8. The van der Waals surface area contributed by atoms with Crippen molar-refractivity contribution in [1.82, 2.24) is 10.9 Å². The second kappa shape index (κ2) is 29.4. The molecule has 100 valence electrons. The van der Waals surface area contributed by atoms with Gasteiger partial charge in [0.15, 0.2) is 0 Å². The molecule has 0 atom stereocenters. The van der Waals surface area contributed by atoms with E-state index in [0.717, 1.165) is 0 Å². The van der Waals surface area contributed by atoms with Gasteiger partial charge in [-0.15, -0.1) is 0 Å². The molecule has 15 heteroatoms. The first-order valence-corrected chi connectivity index (χ1v) is 2.61. The van der Waals surface area contributed by atoms with Gasteiger partial charge < -0.3 is 44.7 Å². The van der Waals surface area contributed by atoms with Crippen LogP contribution in [-0.4, -0.2) is 60.4 Å². The van der Waals surface area contributed by atoms with E-state index in [-0.39, 0.29) is 55.6 Å². The first-order chi connectivity index (χ1) is 6.27.